The maximum absolute atomic E-state index is 11.1. The average Bonchev–Trinajstić information content (AvgIpc) is 2.16. The van der Waals surface area contributed by atoms with Crippen LogP contribution < -0.4 is 10.1 Å². The second kappa shape index (κ2) is 4.99. The molecule has 0 aliphatic carbocycles. The van der Waals surface area contributed by atoms with E-state index in [-0.39, 0.29) is 0 Å². The Morgan fingerprint density at radius 3 is 2.80 bits per heavy atom. The van der Waals surface area contributed by atoms with Gasteiger partial charge in [-0.15, -0.1) is 0 Å². The minimum atomic E-state index is -1.16. The minimum Gasteiger partial charge on any atom is -0.497 e. The Balaban J connectivity index is 2.63. The molecule has 0 fully saturated rings. The molecular weight excluding hydrogens is 198 g/mol. The number of nitrogens with one attached hydrogen (secondary N) is 1. The fourth-order valence-electron chi connectivity index (χ4n) is 1.04. The number of carboxylic acids is 1. The van der Waals surface area contributed by atoms with Crippen molar-refractivity contribution in [3.05, 3.63) is 24.3 Å². The number of methoxy groups -OCH3 is 1. The zero-order valence-corrected chi connectivity index (χ0v) is 8.19. The molecule has 0 atom stereocenters. The average molecular weight is 209 g/mol. The third-order valence-electron chi connectivity index (χ3n) is 1.67. The Labute approximate surface area is 86.7 Å². The molecule has 1 amide bonds. The minimum absolute atomic E-state index is 0.514. The highest BCUT2D eigenvalue weighted by molar-refractivity contribution is 6.01. The van der Waals surface area contributed by atoms with E-state index in [0.717, 1.165) is 0 Å². The van der Waals surface area contributed by atoms with Gasteiger partial charge in [0.25, 0.3) is 0 Å². The molecule has 0 unspecified atom stereocenters. The third kappa shape index (κ3) is 3.68. The van der Waals surface area contributed by atoms with E-state index in [1.54, 1.807) is 24.3 Å². The number of anilines is 1. The molecule has 0 bridgehead atoms. The molecule has 5 nitrogen and oxygen atoms in total. The Hall–Kier alpha value is -2.04. The van der Waals surface area contributed by atoms with Crippen LogP contribution in [0.5, 0.6) is 5.75 Å². The van der Waals surface area contributed by atoms with Gasteiger partial charge < -0.3 is 15.2 Å². The summed E-state index contributed by atoms with van der Waals surface area (Å²) in [6.45, 7) is 0. The van der Waals surface area contributed by atoms with Crippen LogP contribution in [0.15, 0.2) is 24.3 Å². The molecule has 0 saturated carbocycles. The van der Waals surface area contributed by atoms with Gasteiger partial charge in [-0.2, -0.15) is 0 Å². The summed E-state index contributed by atoms with van der Waals surface area (Å²) in [4.78, 5) is 21.3. The maximum Gasteiger partial charge on any atom is 0.312 e. The zero-order chi connectivity index (χ0) is 11.3. The monoisotopic (exact) mass is 209 g/mol. The van der Waals surface area contributed by atoms with E-state index in [0.29, 0.717) is 11.4 Å². The van der Waals surface area contributed by atoms with E-state index in [1.165, 1.54) is 7.11 Å². The molecule has 0 aromatic heterocycles. The standard InChI is InChI=1S/C10H11NO4/c1-15-8-4-2-3-7(5-8)11-9(12)6-10(13)14/h2-5H,6H2,1H3,(H,11,12)(H,13,14). The summed E-state index contributed by atoms with van der Waals surface area (Å²) < 4.78 is 4.95. The number of rotatable bonds is 4. The van der Waals surface area contributed by atoms with Gasteiger partial charge in [-0.1, -0.05) is 6.07 Å². The predicted octanol–water partition coefficient (Wildman–Crippen LogP) is 1.11. The van der Waals surface area contributed by atoms with Crippen LogP contribution in [0.3, 0.4) is 0 Å². The van der Waals surface area contributed by atoms with Gasteiger partial charge in [0.05, 0.1) is 7.11 Å². The van der Waals surface area contributed by atoms with Gasteiger partial charge in [0.15, 0.2) is 0 Å². The van der Waals surface area contributed by atoms with Crippen LogP contribution in [-0.2, 0) is 9.59 Å². The molecule has 0 aliphatic heterocycles. The van der Waals surface area contributed by atoms with Gasteiger partial charge in [0.1, 0.15) is 12.2 Å². The number of benzene rings is 1. The molecule has 1 rings (SSSR count). The normalized spacial score (nSPS) is 9.40. The molecule has 1 aromatic rings. The highest BCUT2D eigenvalue weighted by Crippen LogP contribution is 2.16. The molecule has 0 saturated heterocycles. The quantitative estimate of drug-likeness (QED) is 0.728. The number of carboxylic acid groups (broad SMARTS) is 1. The Bertz CT molecular complexity index is 375. The van der Waals surface area contributed by atoms with Crippen molar-refractivity contribution in [1.29, 1.82) is 0 Å². The predicted molar refractivity (Wildman–Crippen MR) is 53.9 cm³/mol. The number of hydrogen-bond donors (Lipinski definition) is 2. The Morgan fingerprint density at radius 2 is 2.20 bits per heavy atom. The first kappa shape index (κ1) is 11.0. The summed E-state index contributed by atoms with van der Waals surface area (Å²) in [6.07, 6.45) is -0.544. The number of hydrogen-bond acceptors (Lipinski definition) is 3. The second-order valence-electron chi connectivity index (χ2n) is 2.85. The van der Waals surface area contributed by atoms with E-state index >= 15 is 0 Å². The van der Waals surface area contributed by atoms with Crippen LogP contribution in [0.25, 0.3) is 0 Å². The van der Waals surface area contributed by atoms with Crippen LogP contribution >= 0.6 is 0 Å². The number of carbonyl (C=O) groups excluding carboxylic acids is 1. The lowest BCUT2D eigenvalue weighted by Crippen LogP contribution is -2.15. The zero-order valence-electron chi connectivity index (χ0n) is 8.19. The molecular formula is C10H11NO4. The van der Waals surface area contributed by atoms with E-state index in [9.17, 15) is 9.59 Å². The Morgan fingerprint density at radius 1 is 1.47 bits per heavy atom. The first-order valence-corrected chi connectivity index (χ1v) is 4.27. The van der Waals surface area contributed by atoms with Crippen LogP contribution in [0.4, 0.5) is 5.69 Å². The van der Waals surface area contributed by atoms with Crippen molar-refractivity contribution < 1.29 is 19.4 Å². The second-order valence-corrected chi connectivity index (χ2v) is 2.85. The number of aliphatic carboxylic acids is 1. The van der Waals surface area contributed by atoms with E-state index < -0.39 is 18.3 Å². The maximum atomic E-state index is 11.1. The van der Waals surface area contributed by atoms with Crippen LogP contribution in [0, 0.1) is 0 Å². The molecule has 5 heteroatoms. The van der Waals surface area contributed by atoms with E-state index in [1.807, 2.05) is 0 Å². The highest BCUT2D eigenvalue weighted by atomic mass is 16.5. The summed E-state index contributed by atoms with van der Waals surface area (Å²) >= 11 is 0. The largest absolute Gasteiger partial charge is 0.497 e. The molecule has 15 heavy (non-hydrogen) atoms. The first-order valence-electron chi connectivity index (χ1n) is 4.27. The van der Waals surface area contributed by atoms with Gasteiger partial charge in [-0.3, -0.25) is 9.59 Å². The first-order chi connectivity index (χ1) is 7.11. The van der Waals surface area contributed by atoms with Crippen LogP contribution in [0.2, 0.25) is 0 Å². The molecule has 2 N–H and O–H groups in total. The van der Waals surface area contributed by atoms with Crippen molar-refractivity contribution in [2.45, 2.75) is 6.42 Å². The summed E-state index contributed by atoms with van der Waals surface area (Å²) in [6, 6.07) is 6.70. The lowest BCUT2D eigenvalue weighted by Gasteiger charge is -2.05. The highest BCUT2D eigenvalue weighted by Gasteiger charge is 2.07. The van der Waals surface area contributed by atoms with E-state index in [2.05, 4.69) is 5.32 Å². The van der Waals surface area contributed by atoms with Crippen LogP contribution in [-0.4, -0.2) is 24.1 Å². The fourth-order valence-corrected chi connectivity index (χ4v) is 1.04. The van der Waals surface area contributed by atoms with Crippen molar-refractivity contribution >= 4 is 17.6 Å². The molecule has 0 radical (unpaired) electrons. The van der Waals surface area contributed by atoms with Gasteiger partial charge in [-0.25, -0.2) is 0 Å². The lowest BCUT2D eigenvalue weighted by atomic mass is 10.3. The molecule has 0 aliphatic rings. The number of ether oxygens (including phenoxy) is 1. The summed E-state index contributed by atoms with van der Waals surface area (Å²) in [5, 5.41) is 10.8. The summed E-state index contributed by atoms with van der Waals surface area (Å²) in [5.41, 5.74) is 0.514. The van der Waals surface area contributed by atoms with Gasteiger partial charge in [-0.05, 0) is 12.1 Å². The lowest BCUT2D eigenvalue weighted by molar-refractivity contribution is -0.139. The van der Waals surface area contributed by atoms with Crippen molar-refractivity contribution in [1.82, 2.24) is 0 Å². The third-order valence-corrected chi connectivity index (χ3v) is 1.67. The van der Waals surface area contributed by atoms with Crippen molar-refractivity contribution in [3.63, 3.8) is 0 Å². The molecule has 0 heterocycles. The van der Waals surface area contributed by atoms with Crippen molar-refractivity contribution in [2.75, 3.05) is 12.4 Å². The number of carbonyl (C=O) groups is 2. The molecule has 80 valence electrons. The fraction of sp³-hybridized carbons (Fsp3) is 0.200. The van der Waals surface area contributed by atoms with Crippen molar-refractivity contribution in [3.8, 4) is 5.75 Å². The smallest absolute Gasteiger partial charge is 0.312 e. The SMILES string of the molecule is COc1cccc(NC(=O)CC(=O)O)c1. The molecule has 1 aromatic carbocycles. The molecule has 0 spiro atoms. The number of amides is 1. The van der Waals surface area contributed by atoms with Gasteiger partial charge in [0.2, 0.25) is 5.91 Å². The summed E-state index contributed by atoms with van der Waals surface area (Å²) in [5.74, 6) is -1.12. The van der Waals surface area contributed by atoms with Gasteiger partial charge in [0, 0.05) is 11.8 Å². The Kier molecular flexibility index (Phi) is 3.68. The van der Waals surface area contributed by atoms with E-state index in [4.69, 9.17) is 9.84 Å². The topological polar surface area (TPSA) is 75.6 Å². The van der Waals surface area contributed by atoms with Gasteiger partial charge >= 0.3 is 5.97 Å². The van der Waals surface area contributed by atoms with Crippen molar-refractivity contribution in [2.24, 2.45) is 0 Å². The summed E-state index contributed by atoms with van der Waals surface area (Å²) in [7, 11) is 1.51. The van der Waals surface area contributed by atoms with Crippen LogP contribution in [0.1, 0.15) is 6.42 Å².